The Balaban J connectivity index is 1.87. The molecule has 4 nitrogen and oxygen atoms in total. The van der Waals surface area contributed by atoms with Crippen molar-refractivity contribution in [1.82, 2.24) is 10.3 Å². The van der Waals surface area contributed by atoms with Gasteiger partial charge in [-0.3, -0.25) is 0 Å². The highest BCUT2D eigenvalue weighted by Gasteiger charge is 2.17. The molecule has 1 aromatic heterocycles. The summed E-state index contributed by atoms with van der Waals surface area (Å²) >= 11 is 0. The Hall–Kier alpha value is -2.07. The minimum atomic E-state index is 0.244. The van der Waals surface area contributed by atoms with E-state index in [2.05, 4.69) is 16.5 Å². The van der Waals surface area contributed by atoms with E-state index in [9.17, 15) is 0 Å². The first-order valence-corrected chi connectivity index (χ1v) is 7.34. The van der Waals surface area contributed by atoms with Gasteiger partial charge in [0.15, 0.2) is 0 Å². The number of nitrogens with one attached hydrogen (secondary N) is 1. The normalized spacial score (nSPS) is 17.7. The lowest BCUT2D eigenvalue weighted by molar-refractivity contribution is 0.221. The zero-order chi connectivity index (χ0) is 14.5. The predicted octanol–water partition coefficient (Wildman–Crippen LogP) is 2.69. The lowest BCUT2D eigenvalue weighted by atomic mass is 10.1. The van der Waals surface area contributed by atoms with Crippen LogP contribution in [0.5, 0.6) is 11.5 Å². The smallest absolute Gasteiger partial charge is 0.132 e. The monoisotopic (exact) mass is 283 g/mol. The summed E-state index contributed by atoms with van der Waals surface area (Å²) < 4.78 is 11.7. The molecule has 0 saturated carbocycles. The zero-order valence-electron chi connectivity index (χ0n) is 12.1. The van der Waals surface area contributed by atoms with Gasteiger partial charge in [-0.1, -0.05) is 6.07 Å². The van der Waals surface area contributed by atoms with E-state index in [1.54, 1.807) is 6.07 Å². The summed E-state index contributed by atoms with van der Waals surface area (Å²) in [6.45, 7) is 4.51. The Morgan fingerprint density at radius 1 is 1.38 bits per heavy atom. The van der Waals surface area contributed by atoms with Gasteiger partial charge in [0.25, 0.3) is 0 Å². The number of ether oxygens (including phenoxy) is 2. The molecule has 109 valence electrons. The second-order valence-corrected chi connectivity index (χ2v) is 4.98. The summed E-state index contributed by atoms with van der Waals surface area (Å²) in [6, 6.07) is 11.6. The van der Waals surface area contributed by atoms with Crippen LogP contribution in [0.3, 0.4) is 0 Å². The van der Waals surface area contributed by atoms with Crippen LogP contribution >= 0.6 is 0 Å². The van der Waals surface area contributed by atoms with E-state index in [-0.39, 0.29) is 6.10 Å². The van der Waals surface area contributed by atoms with Crippen LogP contribution in [0.1, 0.15) is 13.3 Å². The van der Waals surface area contributed by atoms with Crippen LogP contribution < -0.4 is 14.8 Å². The third-order valence-corrected chi connectivity index (χ3v) is 3.46. The summed E-state index contributed by atoms with van der Waals surface area (Å²) in [7, 11) is 0. The third kappa shape index (κ3) is 3.34. The third-order valence-electron chi connectivity index (χ3n) is 3.46. The Morgan fingerprint density at radius 2 is 2.33 bits per heavy atom. The van der Waals surface area contributed by atoms with E-state index >= 15 is 0 Å². The maximum absolute atomic E-state index is 5.98. The van der Waals surface area contributed by atoms with Gasteiger partial charge in [-0.05, 0) is 44.2 Å². The number of hydrogen-bond donors (Lipinski definition) is 1. The van der Waals surface area contributed by atoms with E-state index in [0.717, 1.165) is 42.3 Å². The molecule has 0 bridgehead atoms. The summed E-state index contributed by atoms with van der Waals surface area (Å²) in [5.41, 5.74) is 1.82. The second kappa shape index (κ2) is 6.59. The molecular formula is C17H19N2O2. The molecule has 1 aliphatic rings. The number of benzene rings is 1. The van der Waals surface area contributed by atoms with Gasteiger partial charge in [0.1, 0.15) is 17.6 Å². The molecule has 2 heterocycles. The highest BCUT2D eigenvalue weighted by Crippen LogP contribution is 2.33. The van der Waals surface area contributed by atoms with Crippen molar-refractivity contribution < 1.29 is 9.47 Å². The maximum atomic E-state index is 5.98. The van der Waals surface area contributed by atoms with Crippen LogP contribution in [0.25, 0.3) is 11.3 Å². The van der Waals surface area contributed by atoms with Crippen LogP contribution in [-0.4, -0.2) is 30.8 Å². The topological polar surface area (TPSA) is 43.4 Å². The summed E-state index contributed by atoms with van der Waals surface area (Å²) in [4.78, 5) is 4.27. The lowest BCUT2D eigenvalue weighted by Crippen LogP contribution is -2.19. The molecule has 0 aliphatic carbocycles. The minimum Gasteiger partial charge on any atom is -0.493 e. The van der Waals surface area contributed by atoms with E-state index in [1.807, 2.05) is 37.3 Å². The van der Waals surface area contributed by atoms with Crippen LogP contribution in [0.2, 0.25) is 0 Å². The molecule has 1 saturated heterocycles. The predicted molar refractivity (Wildman–Crippen MR) is 81.6 cm³/mol. The van der Waals surface area contributed by atoms with Gasteiger partial charge in [-0.15, -0.1) is 0 Å². The molecule has 1 unspecified atom stereocenters. The number of rotatable bonds is 5. The summed E-state index contributed by atoms with van der Waals surface area (Å²) in [5, 5.41) is 3.30. The molecule has 1 radical (unpaired) electrons. The minimum absolute atomic E-state index is 0.244. The fourth-order valence-corrected chi connectivity index (χ4v) is 2.46. The van der Waals surface area contributed by atoms with Gasteiger partial charge in [-0.2, -0.15) is 0 Å². The highest BCUT2D eigenvalue weighted by molar-refractivity contribution is 5.68. The van der Waals surface area contributed by atoms with Crippen molar-refractivity contribution in [2.24, 2.45) is 0 Å². The number of aromatic nitrogens is 1. The molecule has 3 rings (SSSR count). The van der Waals surface area contributed by atoms with Crippen molar-refractivity contribution in [1.29, 1.82) is 0 Å². The first-order valence-electron chi connectivity index (χ1n) is 7.34. The van der Waals surface area contributed by atoms with Gasteiger partial charge in [-0.25, -0.2) is 4.98 Å². The molecule has 4 heteroatoms. The number of pyridine rings is 1. The maximum Gasteiger partial charge on any atom is 0.132 e. The van der Waals surface area contributed by atoms with Crippen molar-refractivity contribution in [2.75, 3.05) is 19.7 Å². The van der Waals surface area contributed by atoms with Crippen LogP contribution in [0.15, 0.2) is 36.4 Å². The molecule has 0 spiro atoms. The van der Waals surface area contributed by atoms with Gasteiger partial charge in [0.05, 0.1) is 18.5 Å². The van der Waals surface area contributed by atoms with Gasteiger partial charge >= 0.3 is 0 Å². The fraction of sp³-hybridized carbons (Fsp3) is 0.353. The van der Waals surface area contributed by atoms with Crippen molar-refractivity contribution in [3.63, 3.8) is 0 Å². The van der Waals surface area contributed by atoms with Crippen LogP contribution in [-0.2, 0) is 0 Å². The van der Waals surface area contributed by atoms with E-state index in [1.165, 1.54) is 0 Å². The fourth-order valence-electron chi connectivity index (χ4n) is 2.46. The van der Waals surface area contributed by atoms with Crippen molar-refractivity contribution in [2.45, 2.75) is 19.4 Å². The molecule has 1 aromatic carbocycles. The van der Waals surface area contributed by atoms with Gasteiger partial charge < -0.3 is 14.8 Å². The van der Waals surface area contributed by atoms with Gasteiger partial charge in [0, 0.05) is 18.2 Å². The van der Waals surface area contributed by atoms with E-state index < -0.39 is 0 Å². The summed E-state index contributed by atoms with van der Waals surface area (Å²) in [6.07, 6.45) is 4.14. The van der Waals surface area contributed by atoms with Crippen LogP contribution in [0.4, 0.5) is 0 Å². The molecular weight excluding hydrogens is 264 g/mol. The van der Waals surface area contributed by atoms with Gasteiger partial charge in [0.2, 0.25) is 0 Å². The van der Waals surface area contributed by atoms with Crippen molar-refractivity contribution in [3.8, 4) is 22.8 Å². The molecule has 1 atom stereocenters. The molecule has 0 amide bonds. The van der Waals surface area contributed by atoms with E-state index in [4.69, 9.17) is 9.47 Å². The quantitative estimate of drug-likeness (QED) is 0.916. The number of hydrogen-bond acceptors (Lipinski definition) is 4. The average molecular weight is 283 g/mol. The second-order valence-electron chi connectivity index (χ2n) is 4.98. The molecule has 1 fully saturated rings. The Bertz CT molecular complexity index is 581. The van der Waals surface area contributed by atoms with Crippen LogP contribution in [0, 0.1) is 6.20 Å². The molecule has 2 aromatic rings. The molecule has 1 aliphatic heterocycles. The SMILES string of the molecule is CCOc1cc(OC2CCNC2)ccc1-c1ccc[c]n1. The first kappa shape index (κ1) is 13.9. The van der Waals surface area contributed by atoms with E-state index in [0.29, 0.717) is 6.61 Å². The van der Waals surface area contributed by atoms with Crippen molar-refractivity contribution in [3.05, 3.63) is 42.6 Å². The highest BCUT2D eigenvalue weighted by atomic mass is 16.5. The Kier molecular flexibility index (Phi) is 4.36. The largest absolute Gasteiger partial charge is 0.493 e. The lowest BCUT2D eigenvalue weighted by Gasteiger charge is -2.15. The number of nitrogens with zero attached hydrogens (tertiary/aromatic N) is 1. The first-order chi connectivity index (χ1) is 10.4. The summed E-state index contributed by atoms with van der Waals surface area (Å²) in [5.74, 6) is 1.64. The molecule has 1 N–H and O–H groups in total. The standard InChI is InChI=1S/C17H19N2O2/c1-2-20-17-11-13(21-14-8-10-18-12-14)6-7-15(17)16-5-3-4-9-19-16/h3-7,11,14,18H,2,8,10,12H2,1H3. The molecule has 21 heavy (non-hydrogen) atoms. The average Bonchev–Trinajstić information content (AvgIpc) is 3.02. The Labute approximate surface area is 125 Å². The zero-order valence-corrected chi connectivity index (χ0v) is 12.1. The van der Waals surface area contributed by atoms with Crippen molar-refractivity contribution >= 4 is 0 Å². The Morgan fingerprint density at radius 3 is 3.05 bits per heavy atom.